The fraction of sp³-hybridized carbons (Fsp3) is 0.250. The Hall–Kier alpha value is -2.54. The van der Waals surface area contributed by atoms with Gasteiger partial charge in [-0.05, 0) is 61.7 Å². The molecule has 25 heavy (non-hydrogen) atoms. The van der Waals surface area contributed by atoms with Crippen LogP contribution in [0.4, 0.5) is 5.69 Å². The predicted octanol–water partition coefficient (Wildman–Crippen LogP) is 6.35. The van der Waals surface area contributed by atoms with Crippen molar-refractivity contribution in [3.05, 3.63) is 83.4 Å². The smallest absolute Gasteiger partial charge is 0.0538 e. The van der Waals surface area contributed by atoms with Gasteiger partial charge in [0.05, 0.1) is 5.54 Å². The van der Waals surface area contributed by atoms with E-state index in [1.807, 2.05) is 0 Å². The molecule has 0 unspecified atom stereocenters. The average Bonchev–Trinajstić information content (AvgIpc) is 2.58. The largest absolute Gasteiger partial charge is 0.358 e. The van der Waals surface area contributed by atoms with Crippen molar-refractivity contribution in [3.8, 4) is 0 Å². The molecule has 1 aliphatic rings. The van der Waals surface area contributed by atoms with E-state index in [-0.39, 0.29) is 5.54 Å². The minimum Gasteiger partial charge on any atom is -0.358 e. The maximum absolute atomic E-state index is 2.54. The molecule has 0 radical (unpaired) electrons. The van der Waals surface area contributed by atoms with Crippen molar-refractivity contribution >= 4 is 22.0 Å². The van der Waals surface area contributed by atoms with Crippen LogP contribution in [0, 0.1) is 6.92 Å². The van der Waals surface area contributed by atoms with E-state index in [0.717, 1.165) is 6.54 Å². The van der Waals surface area contributed by atoms with Gasteiger partial charge in [0.2, 0.25) is 0 Å². The molecule has 1 heterocycles. The Morgan fingerprint density at radius 3 is 2.48 bits per heavy atom. The molecular formula is C24H25N. The quantitative estimate of drug-likeness (QED) is 0.530. The molecule has 0 bridgehead atoms. The van der Waals surface area contributed by atoms with Gasteiger partial charge >= 0.3 is 0 Å². The lowest BCUT2D eigenvalue weighted by Gasteiger charge is -2.43. The van der Waals surface area contributed by atoms with Gasteiger partial charge in [0.1, 0.15) is 0 Å². The zero-order chi connectivity index (χ0) is 17.6. The number of rotatable bonds is 2. The monoisotopic (exact) mass is 327 g/mol. The number of aryl methyl sites for hydroxylation is 1. The lowest BCUT2D eigenvalue weighted by molar-refractivity contribution is 0.553. The molecule has 0 spiro atoms. The molecule has 4 rings (SSSR count). The molecule has 0 N–H and O–H groups in total. The van der Waals surface area contributed by atoms with Gasteiger partial charge in [-0.1, -0.05) is 60.2 Å². The average molecular weight is 327 g/mol. The number of nitrogens with zero attached hydrogens (tertiary/aromatic N) is 1. The van der Waals surface area contributed by atoms with E-state index >= 15 is 0 Å². The third kappa shape index (κ3) is 2.74. The molecule has 0 amide bonds. The highest BCUT2D eigenvalue weighted by atomic mass is 15.2. The van der Waals surface area contributed by atoms with Gasteiger partial charge in [0.15, 0.2) is 0 Å². The Labute approximate surface area is 150 Å². The van der Waals surface area contributed by atoms with E-state index in [9.17, 15) is 0 Å². The van der Waals surface area contributed by atoms with Gasteiger partial charge in [-0.2, -0.15) is 0 Å². The standard InChI is InChI=1S/C24H25N/c1-17-12-13-23-22(14-17)18(2)15-24(3,4)25(23)16-20-10-7-9-19-8-5-6-11-21(19)20/h5-15H,16H2,1-4H3. The van der Waals surface area contributed by atoms with Gasteiger partial charge in [-0.15, -0.1) is 0 Å². The van der Waals surface area contributed by atoms with E-state index in [0.29, 0.717) is 0 Å². The molecule has 1 aliphatic heterocycles. The topological polar surface area (TPSA) is 3.24 Å². The summed E-state index contributed by atoms with van der Waals surface area (Å²) < 4.78 is 0. The van der Waals surface area contributed by atoms with Crippen molar-refractivity contribution in [2.75, 3.05) is 4.90 Å². The van der Waals surface area contributed by atoms with Gasteiger partial charge < -0.3 is 4.90 Å². The summed E-state index contributed by atoms with van der Waals surface area (Å²) in [5.41, 5.74) is 6.76. The normalized spacial score (nSPS) is 15.8. The van der Waals surface area contributed by atoms with Crippen molar-refractivity contribution in [1.82, 2.24) is 0 Å². The van der Waals surface area contributed by atoms with Crippen LogP contribution in [0.2, 0.25) is 0 Å². The fourth-order valence-electron chi connectivity index (χ4n) is 4.09. The number of anilines is 1. The second-order valence-corrected chi connectivity index (χ2v) is 7.73. The maximum Gasteiger partial charge on any atom is 0.0538 e. The summed E-state index contributed by atoms with van der Waals surface area (Å²) in [6, 6.07) is 22.1. The Morgan fingerprint density at radius 1 is 0.880 bits per heavy atom. The Morgan fingerprint density at radius 2 is 1.64 bits per heavy atom. The first-order valence-electron chi connectivity index (χ1n) is 9.00. The second kappa shape index (κ2) is 5.77. The molecule has 0 saturated carbocycles. The highest BCUT2D eigenvalue weighted by Gasteiger charge is 2.31. The minimum atomic E-state index is -0.0106. The summed E-state index contributed by atoms with van der Waals surface area (Å²) in [5.74, 6) is 0. The Balaban J connectivity index is 1.84. The molecule has 3 aromatic rings. The summed E-state index contributed by atoms with van der Waals surface area (Å²) in [6.07, 6.45) is 2.40. The third-order valence-electron chi connectivity index (χ3n) is 5.34. The van der Waals surface area contributed by atoms with E-state index in [4.69, 9.17) is 0 Å². The van der Waals surface area contributed by atoms with Crippen LogP contribution >= 0.6 is 0 Å². The highest BCUT2D eigenvalue weighted by molar-refractivity contribution is 5.87. The summed E-state index contributed by atoms with van der Waals surface area (Å²) in [5, 5.41) is 2.66. The van der Waals surface area contributed by atoms with E-state index in [1.54, 1.807) is 0 Å². The van der Waals surface area contributed by atoms with E-state index in [2.05, 4.69) is 99.3 Å². The Kier molecular flexibility index (Phi) is 3.68. The minimum absolute atomic E-state index is 0.0106. The third-order valence-corrected chi connectivity index (χ3v) is 5.34. The molecule has 0 aromatic heterocycles. The van der Waals surface area contributed by atoms with E-state index < -0.39 is 0 Å². The van der Waals surface area contributed by atoms with Crippen LogP contribution in [0.5, 0.6) is 0 Å². The Bertz CT molecular complexity index is 973. The van der Waals surface area contributed by atoms with E-state index in [1.165, 1.54) is 38.7 Å². The van der Waals surface area contributed by atoms with Gasteiger partial charge in [0, 0.05) is 17.8 Å². The number of hydrogen-bond donors (Lipinski definition) is 0. The molecule has 0 atom stereocenters. The lowest BCUT2D eigenvalue weighted by Crippen LogP contribution is -2.44. The molecule has 126 valence electrons. The van der Waals surface area contributed by atoms with Crippen LogP contribution in [0.15, 0.2) is 66.7 Å². The fourth-order valence-corrected chi connectivity index (χ4v) is 4.09. The molecule has 1 heteroatoms. The number of hydrogen-bond acceptors (Lipinski definition) is 1. The zero-order valence-electron chi connectivity index (χ0n) is 15.5. The number of allylic oxidation sites excluding steroid dienone is 1. The van der Waals surface area contributed by atoms with Crippen molar-refractivity contribution in [3.63, 3.8) is 0 Å². The maximum atomic E-state index is 2.54. The van der Waals surface area contributed by atoms with Crippen LogP contribution in [0.3, 0.4) is 0 Å². The predicted molar refractivity (Wildman–Crippen MR) is 109 cm³/mol. The van der Waals surface area contributed by atoms with Crippen LogP contribution in [0.25, 0.3) is 16.3 Å². The number of fused-ring (bicyclic) bond motifs is 2. The van der Waals surface area contributed by atoms with Gasteiger partial charge in [-0.3, -0.25) is 0 Å². The molecular weight excluding hydrogens is 302 g/mol. The summed E-state index contributed by atoms with van der Waals surface area (Å²) in [4.78, 5) is 2.54. The van der Waals surface area contributed by atoms with Crippen LogP contribution in [-0.2, 0) is 6.54 Å². The molecule has 0 saturated heterocycles. The lowest BCUT2D eigenvalue weighted by atomic mass is 9.87. The highest BCUT2D eigenvalue weighted by Crippen LogP contribution is 2.40. The van der Waals surface area contributed by atoms with Gasteiger partial charge in [0.25, 0.3) is 0 Å². The van der Waals surface area contributed by atoms with Crippen molar-refractivity contribution in [1.29, 1.82) is 0 Å². The van der Waals surface area contributed by atoms with Crippen molar-refractivity contribution in [2.24, 2.45) is 0 Å². The first kappa shape index (κ1) is 16.0. The van der Waals surface area contributed by atoms with Crippen molar-refractivity contribution in [2.45, 2.75) is 39.8 Å². The van der Waals surface area contributed by atoms with Crippen LogP contribution in [0.1, 0.15) is 37.5 Å². The summed E-state index contributed by atoms with van der Waals surface area (Å²) in [7, 11) is 0. The van der Waals surface area contributed by atoms with Crippen molar-refractivity contribution < 1.29 is 0 Å². The summed E-state index contributed by atoms with van der Waals surface area (Å²) in [6.45, 7) is 9.93. The number of benzene rings is 3. The van der Waals surface area contributed by atoms with Gasteiger partial charge in [-0.25, -0.2) is 0 Å². The molecule has 0 fully saturated rings. The molecule has 3 aromatic carbocycles. The first-order chi connectivity index (χ1) is 12.0. The van der Waals surface area contributed by atoms with Crippen LogP contribution in [-0.4, -0.2) is 5.54 Å². The summed E-state index contributed by atoms with van der Waals surface area (Å²) >= 11 is 0. The SMILES string of the molecule is CC1=CC(C)(C)N(Cc2cccc3ccccc23)c2ccc(C)cc21. The molecule has 0 aliphatic carbocycles. The molecule has 1 nitrogen and oxygen atoms in total. The first-order valence-corrected chi connectivity index (χ1v) is 9.00. The second-order valence-electron chi connectivity index (χ2n) is 7.73. The zero-order valence-corrected chi connectivity index (χ0v) is 15.5. The van der Waals surface area contributed by atoms with Crippen LogP contribution < -0.4 is 4.90 Å².